The molecule has 0 bridgehead atoms. The summed E-state index contributed by atoms with van der Waals surface area (Å²) in [6.45, 7) is 7.23. The van der Waals surface area contributed by atoms with E-state index < -0.39 is 0 Å². The van der Waals surface area contributed by atoms with Gasteiger partial charge >= 0.3 is 0 Å². The highest BCUT2D eigenvalue weighted by Crippen LogP contribution is 2.27. The van der Waals surface area contributed by atoms with Crippen LogP contribution in [0.2, 0.25) is 0 Å². The second-order valence-corrected chi connectivity index (χ2v) is 4.36. The van der Waals surface area contributed by atoms with Gasteiger partial charge in [-0.15, -0.1) is 0 Å². The molecular weight excluding hydrogens is 136 g/mol. The molecule has 11 heavy (non-hydrogen) atoms. The summed E-state index contributed by atoms with van der Waals surface area (Å²) in [6, 6.07) is 0. The molecular formula is C10H19O. The molecule has 1 radical (unpaired) electrons. The number of hydrogen-bond donors (Lipinski definition) is 0. The number of hydrogen-bond acceptors (Lipinski definition) is 1. The summed E-state index contributed by atoms with van der Waals surface area (Å²) in [7, 11) is 0. The summed E-state index contributed by atoms with van der Waals surface area (Å²) in [4.78, 5) is 0. The molecule has 1 fully saturated rings. The normalized spacial score (nSPS) is 21.0. The molecule has 1 saturated carbocycles. The quantitative estimate of drug-likeness (QED) is 0.595. The van der Waals surface area contributed by atoms with E-state index >= 15 is 0 Å². The van der Waals surface area contributed by atoms with Crippen molar-refractivity contribution in [3.8, 4) is 0 Å². The van der Waals surface area contributed by atoms with Crippen LogP contribution in [-0.4, -0.2) is 12.2 Å². The topological polar surface area (TPSA) is 9.23 Å². The first-order valence-corrected chi connectivity index (χ1v) is 4.55. The van der Waals surface area contributed by atoms with Gasteiger partial charge < -0.3 is 4.74 Å². The Kier molecular flexibility index (Phi) is 2.94. The minimum atomic E-state index is 0.0373. The molecule has 0 spiro atoms. The van der Waals surface area contributed by atoms with Crippen molar-refractivity contribution in [2.75, 3.05) is 6.61 Å². The Hall–Kier alpha value is -0.0400. The standard InChI is InChI=1S/C10H19O/c1-10(2,3)11-8-9-6-4-5-7-9/h4-8H2,1-3H3. The maximum Gasteiger partial charge on any atom is 0.0598 e. The molecule has 1 heteroatoms. The molecule has 1 rings (SSSR count). The van der Waals surface area contributed by atoms with Crippen LogP contribution >= 0.6 is 0 Å². The van der Waals surface area contributed by atoms with Crippen molar-refractivity contribution < 1.29 is 4.74 Å². The zero-order valence-electron chi connectivity index (χ0n) is 7.94. The molecule has 65 valence electrons. The third-order valence-corrected chi connectivity index (χ3v) is 2.02. The molecule has 1 nitrogen and oxygen atoms in total. The number of rotatable bonds is 2. The van der Waals surface area contributed by atoms with Crippen LogP contribution in [-0.2, 0) is 4.74 Å². The summed E-state index contributed by atoms with van der Waals surface area (Å²) in [6.07, 6.45) is 5.36. The van der Waals surface area contributed by atoms with Crippen LogP contribution < -0.4 is 0 Å². The monoisotopic (exact) mass is 155 g/mol. The Bertz CT molecular complexity index is 107. The predicted octanol–water partition coefficient (Wildman–Crippen LogP) is 2.95. The third-order valence-electron chi connectivity index (χ3n) is 2.02. The Labute approximate surface area is 70.1 Å². The van der Waals surface area contributed by atoms with Gasteiger partial charge in [0.05, 0.1) is 12.2 Å². The third kappa shape index (κ3) is 3.76. The van der Waals surface area contributed by atoms with Crippen LogP contribution in [0.3, 0.4) is 0 Å². The van der Waals surface area contributed by atoms with Crippen LogP contribution in [0.1, 0.15) is 46.5 Å². The lowest BCUT2D eigenvalue weighted by molar-refractivity contribution is 0.00248. The first-order chi connectivity index (χ1) is 5.08. The van der Waals surface area contributed by atoms with E-state index in [1.807, 2.05) is 0 Å². The average molecular weight is 155 g/mol. The fourth-order valence-corrected chi connectivity index (χ4v) is 1.34. The van der Waals surface area contributed by atoms with E-state index in [4.69, 9.17) is 4.74 Å². The van der Waals surface area contributed by atoms with Gasteiger partial charge in [-0.25, -0.2) is 0 Å². The molecule has 0 heterocycles. The Morgan fingerprint density at radius 1 is 1.18 bits per heavy atom. The highest BCUT2D eigenvalue weighted by atomic mass is 16.5. The zero-order chi connectivity index (χ0) is 8.32. The minimum Gasteiger partial charge on any atom is -0.375 e. The summed E-state index contributed by atoms with van der Waals surface area (Å²) >= 11 is 0. The van der Waals surface area contributed by atoms with Gasteiger partial charge in [0.2, 0.25) is 0 Å². The van der Waals surface area contributed by atoms with E-state index in [1.54, 1.807) is 5.92 Å². The van der Waals surface area contributed by atoms with Gasteiger partial charge in [-0.2, -0.15) is 0 Å². The molecule has 0 aromatic carbocycles. The smallest absolute Gasteiger partial charge is 0.0598 e. The van der Waals surface area contributed by atoms with Crippen molar-refractivity contribution in [1.29, 1.82) is 0 Å². The van der Waals surface area contributed by atoms with Crippen molar-refractivity contribution in [3.05, 3.63) is 5.92 Å². The molecule has 0 aromatic rings. The largest absolute Gasteiger partial charge is 0.375 e. The van der Waals surface area contributed by atoms with Gasteiger partial charge in [0.1, 0.15) is 0 Å². The lowest BCUT2D eigenvalue weighted by atomic mass is 10.1. The van der Waals surface area contributed by atoms with Crippen LogP contribution in [0.15, 0.2) is 0 Å². The Morgan fingerprint density at radius 3 is 2.18 bits per heavy atom. The van der Waals surface area contributed by atoms with E-state index in [9.17, 15) is 0 Å². The molecule has 0 unspecified atom stereocenters. The minimum absolute atomic E-state index is 0.0373. The summed E-state index contributed by atoms with van der Waals surface area (Å²) in [5.41, 5.74) is 0.0373. The van der Waals surface area contributed by atoms with E-state index in [0.717, 1.165) is 6.61 Å². The van der Waals surface area contributed by atoms with Gasteiger partial charge in [-0.05, 0) is 33.6 Å². The van der Waals surface area contributed by atoms with E-state index in [2.05, 4.69) is 20.8 Å². The molecule has 0 amide bonds. The Morgan fingerprint density at radius 2 is 1.73 bits per heavy atom. The highest BCUT2D eigenvalue weighted by molar-refractivity contribution is 4.94. The maximum absolute atomic E-state index is 5.68. The van der Waals surface area contributed by atoms with Gasteiger partial charge in [0, 0.05) is 5.92 Å². The van der Waals surface area contributed by atoms with Crippen LogP contribution in [0.25, 0.3) is 0 Å². The molecule has 0 aliphatic heterocycles. The van der Waals surface area contributed by atoms with Crippen LogP contribution in [0.4, 0.5) is 0 Å². The van der Waals surface area contributed by atoms with Crippen molar-refractivity contribution in [1.82, 2.24) is 0 Å². The second-order valence-electron chi connectivity index (χ2n) is 4.36. The summed E-state index contributed by atoms with van der Waals surface area (Å²) in [5, 5.41) is 0. The maximum atomic E-state index is 5.68. The lowest BCUT2D eigenvalue weighted by Crippen LogP contribution is -2.21. The van der Waals surface area contributed by atoms with Crippen LogP contribution in [0, 0.1) is 5.92 Å². The Balaban J connectivity index is 2.11. The van der Waals surface area contributed by atoms with Crippen molar-refractivity contribution in [2.24, 2.45) is 0 Å². The molecule has 1 aliphatic rings. The molecule has 0 N–H and O–H groups in total. The van der Waals surface area contributed by atoms with Crippen molar-refractivity contribution in [2.45, 2.75) is 52.1 Å². The van der Waals surface area contributed by atoms with E-state index in [0.29, 0.717) is 0 Å². The average Bonchev–Trinajstić information content (AvgIpc) is 2.32. The molecule has 0 atom stereocenters. The first kappa shape index (κ1) is 9.05. The first-order valence-electron chi connectivity index (χ1n) is 4.55. The van der Waals surface area contributed by atoms with Gasteiger partial charge in [-0.1, -0.05) is 12.8 Å². The van der Waals surface area contributed by atoms with Gasteiger partial charge in [-0.3, -0.25) is 0 Å². The lowest BCUT2D eigenvalue weighted by Gasteiger charge is -2.21. The van der Waals surface area contributed by atoms with E-state index in [1.165, 1.54) is 25.7 Å². The molecule has 1 aliphatic carbocycles. The van der Waals surface area contributed by atoms with Gasteiger partial charge in [0.15, 0.2) is 0 Å². The number of ether oxygens (including phenoxy) is 1. The molecule has 0 aromatic heterocycles. The fourth-order valence-electron chi connectivity index (χ4n) is 1.34. The van der Waals surface area contributed by atoms with Crippen LogP contribution in [0.5, 0.6) is 0 Å². The summed E-state index contributed by atoms with van der Waals surface area (Å²) < 4.78 is 5.68. The van der Waals surface area contributed by atoms with E-state index in [-0.39, 0.29) is 5.60 Å². The fraction of sp³-hybridized carbons (Fsp3) is 0.900. The van der Waals surface area contributed by atoms with Crippen molar-refractivity contribution in [3.63, 3.8) is 0 Å². The second kappa shape index (κ2) is 3.57. The van der Waals surface area contributed by atoms with Crippen molar-refractivity contribution >= 4 is 0 Å². The SMILES string of the molecule is CC(C)(C)OC[C]1CCCC1. The zero-order valence-corrected chi connectivity index (χ0v) is 7.94. The predicted molar refractivity (Wildman–Crippen MR) is 47.4 cm³/mol. The van der Waals surface area contributed by atoms with Gasteiger partial charge in [0.25, 0.3) is 0 Å². The highest BCUT2D eigenvalue weighted by Gasteiger charge is 2.18. The molecule has 0 saturated heterocycles. The summed E-state index contributed by atoms with van der Waals surface area (Å²) in [5.74, 6) is 1.61.